The van der Waals surface area contributed by atoms with E-state index in [9.17, 15) is 4.79 Å². The number of benzene rings is 3. The topological polar surface area (TPSA) is 30.0 Å². The average Bonchev–Trinajstić information content (AvgIpc) is 2.95. The van der Waals surface area contributed by atoms with Gasteiger partial charge >= 0.3 is 0 Å². The highest BCUT2D eigenvalue weighted by Gasteiger charge is 2.28. The molecule has 0 bridgehead atoms. The number of hydrogen-bond acceptors (Lipinski definition) is 2. The molecule has 0 fully saturated rings. The number of carbonyl (C=O) groups is 1. The molecule has 0 spiro atoms. The fourth-order valence-electron chi connectivity index (χ4n) is 3.60. The van der Waals surface area contributed by atoms with Crippen molar-refractivity contribution in [3.8, 4) is 22.4 Å². The third kappa shape index (κ3) is 1.71. The summed E-state index contributed by atoms with van der Waals surface area (Å²) < 4.78 is 0. The Morgan fingerprint density at radius 1 is 0.625 bits per heavy atom. The number of ketones is 1. The van der Waals surface area contributed by atoms with E-state index in [4.69, 9.17) is 0 Å². The predicted octanol–water partition coefficient (Wildman–Crippen LogP) is 5.11. The highest BCUT2D eigenvalue weighted by molar-refractivity contribution is 6.26. The molecule has 0 atom stereocenters. The van der Waals surface area contributed by atoms with Gasteiger partial charge < -0.3 is 0 Å². The summed E-state index contributed by atoms with van der Waals surface area (Å²) in [7, 11) is 0. The molecule has 2 heteroatoms. The number of pyridine rings is 1. The highest BCUT2D eigenvalue weighted by atomic mass is 16.1. The lowest BCUT2D eigenvalue weighted by Gasteiger charge is -2.10. The molecule has 112 valence electrons. The summed E-state index contributed by atoms with van der Waals surface area (Å²) in [6.07, 6.45) is 1.83. The summed E-state index contributed by atoms with van der Waals surface area (Å²) in [5.41, 5.74) is 5.67. The van der Waals surface area contributed by atoms with E-state index in [0.29, 0.717) is 0 Å². The van der Waals surface area contributed by atoms with Crippen LogP contribution in [0.1, 0.15) is 15.9 Å². The Morgan fingerprint density at radius 2 is 1.38 bits per heavy atom. The van der Waals surface area contributed by atoms with Gasteiger partial charge in [-0.3, -0.25) is 9.78 Å². The predicted molar refractivity (Wildman–Crippen MR) is 96.0 cm³/mol. The maximum Gasteiger partial charge on any atom is 0.194 e. The molecule has 0 N–H and O–H groups in total. The van der Waals surface area contributed by atoms with Crippen molar-refractivity contribution in [2.45, 2.75) is 0 Å². The van der Waals surface area contributed by atoms with Crippen LogP contribution in [-0.2, 0) is 0 Å². The lowest BCUT2D eigenvalue weighted by Crippen LogP contribution is -1.95. The SMILES string of the molecule is O=C1c2ccccc2-c2c1ccc1c(-c3ccccc3)nccc21. The molecule has 1 aliphatic carbocycles. The van der Waals surface area contributed by atoms with E-state index in [0.717, 1.165) is 44.3 Å². The van der Waals surface area contributed by atoms with Gasteiger partial charge in [0.2, 0.25) is 0 Å². The number of rotatable bonds is 1. The Balaban J connectivity index is 1.89. The molecule has 4 aromatic rings. The molecule has 0 radical (unpaired) electrons. The van der Waals surface area contributed by atoms with Gasteiger partial charge in [-0.25, -0.2) is 0 Å². The van der Waals surface area contributed by atoms with Crippen molar-refractivity contribution < 1.29 is 4.79 Å². The summed E-state index contributed by atoms with van der Waals surface area (Å²) in [5.74, 6) is 0.112. The lowest BCUT2D eigenvalue weighted by atomic mass is 9.96. The van der Waals surface area contributed by atoms with Crippen LogP contribution in [0, 0.1) is 0 Å². The van der Waals surface area contributed by atoms with Crippen LogP contribution < -0.4 is 0 Å². The Hall–Kier alpha value is -3.26. The minimum atomic E-state index is 0.112. The summed E-state index contributed by atoms with van der Waals surface area (Å²) in [5, 5.41) is 2.16. The molecule has 5 rings (SSSR count). The highest BCUT2D eigenvalue weighted by Crippen LogP contribution is 2.42. The van der Waals surface area contributed by atoms with Gasteiger partial charge in [-0.2, -0.15) is 0 Å². The van der Waals surface area contributed by atoms with Crippen molar-refractivity contribution in [2.75, 3.05) is 0 Å². The molecule has 0 saturated carbocycles. The number of hydrogen-bond donors (Lipinski definition) is 0. The van der Waals surface area contributed by atoms with Crippen LogP contribution >= 0.6 is 0 Å². The molecule has 3 aromatic carbocycles. The molecular weight excluding hydrogens is 294 g/mol. The van der Waals surface area contributed by atoms with Crippen LogP contribution in [-0.4, -0.2) is 10.8 Å². The van der Waals surface area contributed by atoms with E-state index in [2.05, 4.69) is 17.1 Å². The standard InChI is InChI=1S/C22H13NO/c24-22-18-9-5-4-8-15(18)20-16-12-13-23-21(14-6-2-1-3-7-14)17(16)10-11-19(20)22/h1-13H. The Kier molecular flexibility index (Phi) is 2.68. The van der Waals surface area contributed by atoms with Gasteiger partial charge in [0.05, 0.1) is 5.69 Å². The third-order valence-electron chi connectivity index (χ3n) is 4.68. The molecule has 24 heavy (non-hydrogen) atoms. The summed E-state index contributed by atoms with van der Waals surface area (Å²) in [6, 6.07) is 24.0. The molecule has 0 aliphatic heterocycles. The zero-order valence-corrected chi connectivity index (χ0v) is 12.9. The first kappa shape index (κ1) is 13.2. The van der Waals surface area contributed by atoms with E-state index in [1.165, 1.54) is 0 Å². The van der Waals surface area contributed by atoms with Crippen LogP contribution in [0.15, 0.2) is 79.0 Å². The molecule has 2 nitrogen and oxygen atoms in total. The van der Waals surface area contributed by atoms with Crippen LogP contribution in [0.5, 0.6) is 0 Å². The van der Waals surface area contributed by atoms with Crippen LogP contribution in [0.3, 0.4) is 0 Å². The maximum atomic E-state index is 12.7. The van der Waals surface area contributed by atoms with Crippen molar-refractivity contribution in [3.63, 3.8) is 0 Å². The smallest absolute Gasteiger partial charge is 0.194 e. The van der Waals surface area contributed by atoms with Gasteiger partial charge in [-0.1, -0.05) is 60.7 Å². The van der Waals surface area contributed by atoms with Crippen LogP contribution in [0.25, 0.3) is 33.2 Å². The van der Waals surface area contributed by atoms with Crippen molar-refractivity contribution >= 4 is 16.6 Å². The second kappa shape index (κ2) is 4.87. The van der Waals surface area contributed by atoms with Gasteiger partial charge in [-0.05, 0) is 23.1 Å². The van der Waals surface area contributed by atoms with Crippen molar-refractivity contribution in [1.82, 2.24) is 4.98 Å². The Labute approximate surface area is 139 Å². The maximum absolute atomic E-state index is 12.7. The molecule has 1 heterocycles. The first-order valence-corrected chi connectivity index (χ1v) is 7.96. The van der Waals surface area contributed by atoms with Crippen LogP contribution in [0.4, 0.5) is 0 Å². The second-order valence-corrected chi connectivity index (χ2v) is 5.98. The molecule has 1 aliphatic rings. The van der Waals surface area contributed by atoms with E-state index in [-0.39, 0.29) is 5.78 Å². The van der Waals surface area contributed by atoms with E-state index < -0.39 is 0 Å². The summed E-state index contributed by atoms with van der Waals surface area (Å²) in [4.78, 5) is 17.3. The van der Waals surface area contributed by atoms with Crippen molar-refractivity contribution in [2.24, 2.45) is 0 Å². The number of fused-ring (bicyclic) bond motifs is 5. The number of carbonyl (C=O) groups excluding carboxylic acids is 1. The first-order valence-electron chi connectivity index (χ1n) is 7.96. The summed E-state index contributed by atoms with van der Waals surface area (Å²) in [6.45, 7) is 0. The minimum absolute atomic E-state index is 0.112. The van der Waals surface area contributed by atoms with Gasteiger partial charge in [0.15, 0.2) is 5.78 Å². The monoisotopic (exact) mass is 307 g/mol. The average molecular weight is 307 g/mol. The zero-order chi connectivity index (χ0) is 16.1. The largest absolute Gasteiger partial charge is 0.289 e. The number of aromatic nitrogens is 1. The van der Waals surface area contributed by atoms with Gasteiger partial charge in [0.1, 0.15) is 0 Å². The molecule has 0 unspecified atom stereocenters. The summed E-state index contributed by atoms with van der Waals surface area (Å²) >= 11 is 0. The molecular formula is C22H13NO. The normalized spacial score (nSPS) is 12.2. The van der Waals surface area contributed by atoms with E-state index >= 15 is 0 Å². The number of nitrogens with zero attached hydrogens (tertiary/aromatic N) is 1. The fourth-order valence-corrected chi connectivity index (χ4v) is 3.60. The van der Waals surface area contributed by atoms with Gasteiger partial charge in [0.25, 0.3) is 0 Å². The van der Waals surface area contributed by atoms with Gasteiger partial charge in [-0.15, -0.1) is 0 Å². The van der Waals surface area contributed by atoms with Gasteiger partial charge in [0, 0.05) is 33.8 Å². The van der Waals surface area contributed by atoms with E-state index in [1.807, 2.05) is 66.9 Å². The van der Waals surface area contributed by atoms with Crippen LogP contribution in [0.2, 0.25) is 0 Å². The zero-order valence-electron chi connectivity index (χ0n) is 12.9. The lowest BCUT2D eigenvalue weighted by molar-refractivity contribution is 0.104. The first-order chi connectivity index (χ1) is 11.8. The van der Waals surface area contributed by atoms with E-state index in [1.54, 1.807) is 0 Å². The Morgan fingerprint density at radius 3 is 2.21 bits per heavy atom. The van der Waals surface area contributed by atoms with Crippen molar-refractivity contribution in [1.29, 1.82) is 0 Å². The van der Waals surface area contributed by atoms with Crippen molar-refractivity contribution in [3.05, 3.63) is 90.1 Å². The minimum Gasteiger partial charge on any atom is -0.289 e. The fraction of sp³-hybridized carbons (Fsp3) is 0. The molecule has 0 amide bonds. The quantitative estimate of drug-likeness (QED) is 0.430. The molecule has 0 saturated heterocycles. The third-order valence-corrected chi connectivity index (χ3v) is 4.68. The molecule has 1 aromatic heterocycles. The Bertz CT molecular complexity index is 1110. The second-order valence-electron chi connectivity index (χ2n) is 5.98.